The second-order valence-corrected chi connectivity index (χ2v) is 9.53. The molecule has 2 rings (SSSR count). The van der Waals surface area contributed by atoms with E-state index >= 15 is 0 Å². The minimum atomic E-state index is -0.302. The Morgan fingerprint density at radius 3 is 1.71 bits per heavy atom. The van der Waals surface area contributed by atoms with Crippen molar-refractivity contribution in [2.75, 3.05) is 6.54 Å². The number of nitrogens with one attached hydrogen (secondary N) is 2. The van der Waals surface area contributed by atoms with E-state index in [0.29, 0.717) is 22.6 Å². The maximum absolute atomic E-state index is 12.8. The highest BCUT2D eigenvalue weighted by molar-refractivity contribution is 9.10. The van der Waals surface area contributed by atoms with Crippen LogP contribution in [-0.2, 0) is 0 Å². The lowest BCUT2D eigenvalue weighted by Crippen LogP contribution is -2.42. The number of amides is 2. The summed E-state index contributed by atoms with van der Waals surface area (Å²) in [5.41, 5.74) is 0.863. The summed E-state index contributed by atoms with van der Waals surface area (Å²) in [4.78, 5) is 25.5. The molecule has 0 aliphatic heterocycles. The standard InChI is InChI=1S/C23H28Br2N2O4/c1-13(2)30-20-8-6-16(24)10-18(20)22(28)26-12-15(5)27-23(29)19-11-17(25)7-9-21(19)31-14(3)4/h6-11,13-15H,12H2,1-5H3,(H,26,28)(H,27,29). The molecule has 2 amide bonds. The van der Waals surface area contributed by atoms with Crippen LogP contribution in [0.3, 0.4) is 0 Å². The van der Waals surface area contributed by atoms with Gasteiger partial charge in [0, 0.05) is 21.5 Å². The van der Waals surface area contributed by atoms with Crippen molar-refractivity contribution < 1.29 is 19.1 Å². The Bertz CT molecular complexity index is 932. The molecule has 0 saturated carbocycles. The van der Waals surface area contributed by atoms with Gasteiger partial charge in [0.1, 0.15) is 11.5 Å². The Balaban J connectivity index is 2.04. The summed E-state index contributed by atoms with van der Waals surface area (Å²) >= 11 is 6.78. The number of hydrogen-bond acceptors (Lipinski definition) is 4. The third-order valence-corrected chi connectivity index (χ3v) is 5.03. The van der Waals surface area contributed by atoms with Crippen LogP contribution in [0.1, 0.15) is 55.3 Å². The van der Waals surface area contributed by atoms with Crippen molar-refractivity contribution in [2.45, 2.75) is 52.9 Å². The van der Waals surface area contributed by atoms with Gasteiger partial charge in [-0.2, -0.15) is 0 Å². The van der Waals surface area contributed by atoms with Crippen LogP contribution in [0.5, 0.6) is 11.5 Å². The Morgan fingerprint density at radius 2 is 1.26 bits per heavy atom. The molecule has 0 heterocycles. The summed E-state index contributed by atoms with van der Waals surface area (Å²) < 4.78 is 13.0. The number of hydrogen-bond donors (Lipinski definition) is 2. The summed E-state index contributed by atoms with van der Waals surface area (Å²) in [6.07, 6.45) is -0.115. The number of carbonyl (C=O) groups excluding carboxylic acids is 2. The maximum atomic E-state index is 12.8. The first-order chi connectivity index (χ1) is 14.6. The number of carbonyl (C=O) groups is 2. The van der Waals surface area contributed by atoms with E-state index in [9.17, 15) is 9.59 Å². The molecule has 0 aliphatic carbocycles. The van der Waals surface area contributed by atoms with E-state index in [2.05, 4.69) is 42.5 Å². The smallest absolute Gasteiger partial charge is 0.255 e. The lowest BCUT2D eigenvalue weighted by molar-refractivity contribution is 0.0905. The van der Waals surface area contributed by atoms with Crippen LogP contribution in [0.15, 0.2) is 45.3 Å². The number of benzene rings is 2. The van der Waals surface area contributed by atoms with Crippen LogP contribution in [0, 0.1) is 0 Å². The lowest BCUT2D eigenvalue weighted by Gasteiger charge is -2.19. The molecule has 1 unspecified atom stereocenters. The highest BCUT2D eigenvalue weighted by atomic mass is 79.9. The zero-order chi connectivity index (χ0) is 23.1. The first-order valence-corrected chi connectivity index (χ1v) is 11.7. The van der Waals surface area contributed by atoms with E-state index < -0.39 is 0 Å². The van der Waals surface area contributed by atoms with Crippen molar-refractivity contribution in [2.24, 2.45) is 0 Å². The molecule has 8 heteroatoms. The van der Waals surface area contributed by atoms with Gasteiger partial charge >= 0.3 is 0 Å². The molecule has 2 aromatic rings. The van der Waals surface area contributed by atoms with Gasteiger partial charge in [0.2, 0.25) is 0 Å². The van der Waals surface area contributed by atoms with Crippen LogP contribution in [0.4, 0.5) is 0 Å². The highest BCUT2D eigenvalue weighted by Gasteiger charge is 2.19. The molecule has 1 atom stereocenters. The predicted octanol–water partition coefficient (Wildman–Crippen LogP) is 5.33. The van der Waals surface area contributed by atoms with Crippen molar-refractivity contribution in [3.8, 4) is 11.5 Å². The first-order valence-electron chi connectivity index (χ1n) is 10.1. The van der Waals surface area contributed by atoms with Gasteiger partial charge < -0.3 is 20.1 Å². The Kier molecular flexibility index (Phi) is 9.37. The third kappa shape index (κ3) is 7.85. The van der Waals surface area contributed by atoms with Crippen molar-refractivity contribution >= 4 is 43.7 Å². The number of ether oxygens (including phenoxy) is 2. The van der Waals surface area contributed by atoms with Crippen molar-refractivity contribution in [1.82, 2.24) is 10.6 Å². The molecule has 0 saturated heterocycles. The molecule has 0 spiro atoms. The van der Waals surface area contributed by atoms with Crippen LogP contribution >= 0.6 is 31.9 Å². The fourth-order valence-corrected chi connectivity index (χ4v) is 3.49. The van der Waals surface area contributed by atoms with Gasteiger partial charge in [-0.3, -0.25) is 9.59 Å². The monoisotopic (exact) mass is 554 g/mol. The molecule has 2 aromatic carbocycles. The van der Waals surface area contributed by atoms with E-state index in [1.165, 1.54) is 0 Å². The van der Waals surface area contributed by atoms with Crippen molar-refractivity contribution in [3.05, 3.63) is 56.5 Å². The molecule has 0 aliphatic rings. The number of rotatable bonds is 9. The summed E-state index contributed by atoms with van der Waals surface area (Å²) in [6.45, 7) is 9.70. The summed E-state index contributed by atoms with van der Waals surface area (Å²) in [7, 11) is 0. The van der Waals surface area contributed by atoms with Crippen LogP contribution in [0.25, 0.3) is 0 Å². The number of halogens is 2. The van der Waals surface area contributed by atoms with Crippen molar-refractivity contribution in [3.63, 3.8) is 0 Å². The second kappa shape index (κ2) is 11.5. The fraction of sp³-hybridized carbons (Fsp3) is 0.391. The average Bonchev–Trinajstić information content (AvgIpc) is 2.68. The average molecular weight is 556 g/mol. The second-order valence-electron chi connectivity index (χ2n) is 7.70. The zero-order valence-corrected chi connectivity index (χ0v) is 21.5. The molecule has 0 aromatic heterocycles. The molecule has 168 valence electrons. The van der Waals surface area contributed by atoms with Crippen LogP contribution < -0.4 is 20.1 Å². The maximum Gasteiger partial charge on any atom is 0.255 e. The normalized spacial score (nSPS) is 11.9. The summed E-state index contributed by atoms with van der Waals surface area (Å²) in [5, 5.41) is 5.77. The largest absolute Gasteiger partial charge is 0.490 e. The molecule has 31 heavy (non-hydrogen) atoms. The molecule has 0 radical (unpaired) electrons. The van der Waals surface area contributed by atoms with E-state index in [0.717, 1.165) is 8.95 Å². The zero-order valence-electron chi connectivity index (χ0n) is 18.3. The quantitative estimate of drug-likeness (QED) is 0.438. The van der Waals surface area contributed by atoms with E-state index in [1.807, 2.05) is 46.8 Å². The van der Waals surface area contributed by atoms with Gasteiger partial charge in [0.05, 0.1) is 23.3 Å². The Labute approximate surface area is 200 Å². The molecule has 2 N–H and O–H groups in total. The minimum absolute atomic E-state index is 0.0570. The van der Waals surface area contributed by atoms with E-state index in [1.54, 1.807) is 24.3 Å². The van der Waals surface area contributed by atoms with Gasteiger partial charge in [0.15, 0.2) is 0 Å². The predicted molar refractivity (Wildman–Crippen MR) is 129 cm³/mol. The lowest BCUT2D eigenvalue weighted by atomic mass is 10.1. The van der Waals surface area contributed by atoms with Crippen molar-refractivity contribution in [1.29, 1.82) is 0 Å². The first kappa shape index (κ1) is 25.2. The van der Waals surface area contributed by atoms with Gasteiger partial charge in [-0.1, -0.05) is 31.9 Å². The van der Waals surface area contributed by atoms with Gasteiger partial charge in [-0.05, 0) is 71.0 Å². The molecule has 0 fully saturated rings. The van der Waals surface area contributed by atoms with E-state index in [-0.39, 0.29) is 36.6 Å². The minimum Gasteiger partial charge on any atom is -0.490 e. The SMILES string of the molecule is CC(CNC(=O)c1cc(Br)ccc1OC(C)C)NC(=O)c1cc(Br)ccc1OC(C)C. The summed E-state index contributed by atoms with van der Waals surface area (Å²) in [5.74, 6) is 0.475. The third-order valence-electron chi connectivity index (χ3n) is 4.04. The fourth-order valence-electron chi connectivity index (χ4n) is 2.77. The van der Waals surface area contributed by atoms with Crippen LogP contribution in [0.2, 0.25) is 0 Å². The molecular formula is C23H28Br2N2O4. The van der Waals surface area contributed by atoms with Gasteiger partial charge in [-0.25, -0.2) is 0 Å². The Morgan fingerprint density at radius 1 is 0.806 bits per heavy atom. The van der Waals surface area contributed by atoms with Gasteiger partial charge in [0.25, 0.3) is 11.8 Å². The topological polar surface area (TPSA) is 76.7 Å². The molecular weight excluding hydrogens is 528 g/mol. The molecule has 6 nitrogen and oxygen atoms in total. The van der Waals surface area contributed by atoms with Gasteiger partial charge in [-0.15, -0.1) is 0 Å². The van der Waals surface area contributed by atoms with Crippen LogP contribution in [-0.4, -0.2) is 36.6 Å². The molecule has 0 bridgehead atoms. The highest BCUT2D eigenvalue weighted by Crippen LogP contribution is 2.25. The van der Waals surface area contributed by atoms with E-state index in [4.69, 9.17) is 9.47 Å². The Hall–Kier alpha value is -2.06. The summed E-state index contributed by atoms with van der Waals surface area (Å²) in [6, 6.07) is 10.3.